The Bertz CT molecular complexity index is 1070. The number of likely N-dealkylation sites (tertiary alicyclic amines) is 1. The smallest absolute Gasteiger partial charge is 0.402 e. The van der Waals surface area contributed by atoms with Gasteiger partial charge < -0.3 is 15.0 Å². The number of anilines is 1. The number of halogens is 5. The Morgan fingerprint density at radius 2 is 1.76 bits per heavy atom. The third-order valence-electron chi connectivity index (χ3n) is 7.42. The van der Waals surface area contributed by atoms with Gasteiger partial charge in [-0.3, -0.25) is 4.90 Å². The molecular weight excluding hydrogens is 457 g/mol. The van der Waals surface area contributed by atoms with Crippen LogP contribution in [0.4, 0.5) is 27.8 Å². The molecule has 0 atom stereocenters. The van der Waals surface area contributed by atoms with Crippen molar-refractivity contribution in [3.8, 4) is 17.0 Å². The molecule has 186 valence electrons. The van der Waals surface area contributed by atoms with Crippen LogP contribution < -0.4 is 10.5 Å². The molecule has 34 heavy (non-hydrogen) atoms. The number of alkyl halides is 5. The van der Waals surface area contributed by atoms with Gasteiger partial charge in [-0.25, -0.2) is 18.7 Å². The van der Waals surface area contributed by atoms with Crippen LogP contribution in [-0.2, 0) is 12.0 Å². The summed E-state index contributed by atoms with van der Waals surface area (Å²) in [5.41, 5.74) is 6.32. The molecule has 0 unspecified atom stereocenters. The van der Waals surface area contributed by atoms with Crippen molar-refractivity contribution in [2.24, 2.45) is 5.92 Å². The van der Waals surface area contributed by atoms with E-state index in [-0.39, 0.29) is 29.7 Å². The highest BCUT2D eigenvalue weighted by Gasteiger charge is 2.71. The zero-order valence-electron chi connectivity index (χ0n) is 19.1. The van der Waals surface area contributed by atoms with Crippen molar-refractivity contribution in [3.05, 3.63) is 24.3 Å². The topological polar surface area (TPSA) is 69.2 Å². The van der Waals surface area contributed by atoms with E-state index < -0.39 is 18.0 Å². The summed E-state index contributed by atoms with van der Waals surface area (Å²) >= 11 is 0. The van der Waals surface area contributed by atoms with E-state index in [2.05, 4.69) is 33.0 Å². The Hall–Kier alpha value is -2.43. The van der Waals surface area contributed by atoms with Crippen molar-refractivity contribution in [1.82, 2.24) is 19.4 Å². The number of rotatable bonds is 6. The molecule has 6 nitrogen and oxygen atoms in total. The fraction of sp³-hybridized carbons (Fsp3) is 0.652. The lowest BCUT2D eigenvalue weighted by Gasteiger charge is -2.75. The molecule has 2 bridgehead atoms. The van der Waals surface area contributed by atoms with Crippen molar-refractivity contribution >= 4 is 5.82 Å². The van der Waals surface area contributed by atoms with Gasteiger partial charge in [-0.2, -0.15) is 0 Å². The van der Waals surface area contributed by atoms with E-state index in [9.17, 15) is 22.0 Å². The first kappa shape index (κ1) is 23.3. The van der Waals surface area contributed by atoms with Crippen LogP contribution in [0, 0.1) is 5.92 Å². The van der Waals surface area contributed by atoms with Gasteiger partial charge in [-0.1, -0.05) is 13.8 Å². The molecule has 11 heteroatoms. The van der Waals surface area contributed by atoms with Gasteiger partial charge in [0.15, 0.2) is 11.6 Å². The standard InChI is InChI=1S/C23H28F5N5O/c1-14(2)7-18-31-16(15-8-17(19(29)30-9-15)34-23(26,27)28)10-33(18)21-11-20(12-21,13-21)32-5-3-22(24,25)4-6-32/h8-10,14H,3-7,11-13H2,1-2H3,(H2,29,30). The van der Waals surface area contributed by atoms with Crippen LogP contribution in [0.15, 0.2) is 18.5 Å². The van der Waals surface area contributed by atoms with Gasteiger partial charge in [-0.05, 0) is 31.2 Å². The van der Waals surface area contributed by atoms with Crippen molar-refractivity contribution < 1.29 is 26.7 Å². The van der Waals surface area contributed by atoms with E-state index >= 15 is 0 Å². The average Bonchev–Trinajstić information content (AvgIpc) is 3.04. The van der Waals surface area contributed by atoms with Crippen LogP contribution in [0.1, 0.15) is 51.8 Å². The molecule has 3 heterocycles. The summed E-state index contributed by atoms with van der Waals surface area (Å²) in [4.78, 5) is 10.8. The molecule has 3 aliphatic carbocycles. The summed E-state index contributed by atoms with van der Waals surface area (Å²) < 4.78 is 71.6. The highest BCUT2D eigenvalue weighted by molar-refractivity contribution is 5.64. The number of hydrogen-bond donors (Lipinski definition) is 1. The third kappa shape index (κ3) is 4.01. The molecule has 0 aromatic carbocycles. The molecule has 1 aliphatic heterocycles. The Labute approximate surface area is 194 Å². The molecule has 0 radical (unpaired) electrons. The number of ether oxygens (including phenoxy) is 1. The van der Waals surface area contributed by atoms with Crippen LogP contribution in [0.25, 0.3) is 11.3 Å². The predicted molar refractivity (Wildman–Crippen MR) is 115 cm³/mol. The highest BCUT2D eigenvalue weighted by atomic mass is 19.4. The number of aromatic nitrogens is 3. The van der Waals surface area contributed by atoms with E-state index in [0.717, 1.165) is 25.1 Å². The van der Waals surface area contributed by atoms with Crippen LogP contribution in [0.5, 0.6) is 5.75 Å². The van der Waals surface area contributed by atoms with Gasteiger partial charge >= 0.3 is 6.36 Å². The average molecular weight is 486 g/mol. The second-order valence-electron chi connectivity index (χ2n) is 10.5. The summed E-state index contributed by atoms with van der Waals surface area (Å²) in [6.07, 6.45) is 1.51. The van der Waals surface area contributed by atoms with Crippen molar-refractivity contribution in [3.63, 3.8) is 0 Å². The minimum absolute atomic E-state index is 0.0213. The number of hydrogen-bond acceptors (Lipinski definition) is 5. The maximum absolute atomic E-state index is 13.6. The number of nitrogens with zero attached hydrogens (tertiary/aromatic N) is 4. The monoisotopic (exact) mass is 485 g/mol. The molecule has 2 aromatic rings. The maximum atomic E-state index is 13.6. The molecule has 6 rings (SSSR count). The Kier molecular flexibility index (Phi) is 5.17. The zero-order chi connectivity index (χ0) is 24.5. The lowest BCUT2D eigenvalue weighted by atomic mass is 9.43. The molecule has 2 N–H and O–H groups in total. The van der Waals surface area contributed by atoms with E-state index in [0.29, 0.717) is 36.7 Å². The van der Waals surface area contributed by atoms with Gasteiger partial charge in [0.05, 0.1) is 11.2 Å². The minimum Gasteiger partial charge on any atom is -0.402 e. The summed E-state index contributed by atoms with van der Waals surface area (Å²) in [5.74, 6) is -2.29. The molecule has 1 saturated heterocycles. The minimum atomic E-state index is -4.88. The third-order valence-corrected chi connectivity index (χ3v) is 7.42. The molecular formula is C23H28F5N5O. The van der Waals surface area contributed by atoms with Crippen LogP contribution in [0.2, 0.25) is 0 Å². The second kappa shape index (κ2) is 7.53. The van der Waals surface area contributed by atoms with E-state index in [1.165, 1.54) is 12.3 Å². The van der Waals surface area contributed by atoms with Gasteiger partial charge in [0.2, 0.25) is 0 Å². The summed E-state index contributed by atoms with van der Waals surface area (Å²) in [7, 11) is 0. The van der Waals surface area contributed by atoms with Gasteiger partial charge in [0.25, 0.3) is 5.92 Å². The highest BCUT2D eigenvalue weighted by Crippen LogP contribution is 2.68. The second-order valence-corrected chi connectivity index (χ2v) is 10.5. The molecule has 4 fully saturated rings. The van der Waals surface area contributed by atoms with Crippen LogP contribution in [0.3, 0.4) is 0 Å². The summed E-state index contributed by atoms with van der Waals surface area (Å²) in [6.45, 7) is 4.98. The van der Waals surface area contributed by atoms with Crippen LogP contribution in [-0.4, -0.2) is 50.3 Å². The Balaban J connectivity index is 1.39. The Morgan fingerprint density at radius 3 is 2.35 bits per heavy atom. The fourth-order valence-electron chi connectivity index (χ4n) is 5.86. The van der Waals surface area contributed by atoms with Crippen LogP contribution >= 0.6 is 0 Å². The molecule has 4 aliphatic rings. The molecule has 2 aromatic heterocycles. The number of nitrogen functional groups attached to an aromatic ring is 1. The van der Waals surface area contributed by atoms with E-state index in [4.69, 9.17) is 10.7 Å². The normalized spacial score (nSPS) is 28.5. The maximum Gasteiger partial charge on any atom is 0.573 e. The number of imidazole rings is 1. The molecule has 0 amide bonds. The molecule has 0 spiro atoms. The largest absolute Gasteiger partial charge is 0.573 e. The van der Waals surface area contributed by atoms with Gasteiger partial charge in [-0.15, -0.1) is 13.2 Å². The lowest BCUT2D eigenvalue weighted by Crippen LogP contribution is -2.79. The number of nitrogens with two attached hydrogens (primary N) is 1. The van der Waals surface area contributed by atoms with E-state index in [1.807, 2.05) is 6.20 Å². The SMILES string of the molecule is CC(C)Cc1nc(-c2cnc(N)c(OC(F)(F)F)c2)cn1C12CC(N3CCC(F)(F)CC3)(C1)C2. The predicted octanol–water partition coefficient (Wildman–Crippen LogP) is 4.99. The van der Waals surface area contributed by atoms with Gasteiger partial charge in [0, 0.05) is 55.8 Å². The first-order valence-corrected chi connectivity index (χ1v) is 11.5. The molecule has 3 saturated carbocycles. The first-order valence-electron chi connectivity index (χ1n) is 11.5. The summed E-state index contributed by atoms with van der Waals surface area (Å²) in [6, 6.07) is 1.21. The van der Waals surface area contributed by atoms with Crippen molar-refractivity contribution in [2.75, 3.05) is 18.8 Å². The summed E-state index contributed by atoms with van der Waals surface area (Å²) in [5, 5.41) is 0. The Morgan fingerprint density at radius 1 is 1.12 bits per heavy atom. The van der Waals surface area contributed by atoms with Gasteiger partial charge in [0.1, 0.15) is 5.82 Å². The number of pyridine rings is 1. The van der Waals surface area contributed by atoms with Crippen molar-refractivity contribution in [1.29, 1.82) is 0 Å². The lowest BCUT2D eigenvalue weighted by molar-refractivity contribution is -0.274. The quantitative estimate of drug-likeness (QED) is 0.584. The first-order chi connectivity index (χ1) is 15.8. The fourth-order valence-corrected chi connectivity index (χ4v) is 5.86. The van der Waals surface area contributed by atoms with Crippen molar-refractivity contribution in [2.45, 2.75) is 75.7 Å². The van der Waals surface area contributed by atoms with E-state index in [1.54, 1.807) is 0 Å². The zero-order valence-corrected chi connectivity index (χ0v) is 19.1. The number of piperidine rings is 1.